The van der Waals surface area contributed by atoms with Crippen molar-refractivity contribution in [3.05, 3.63) is 29.6 Å². The molecule has 0 amide bonds. The van der Waals surface area contributed by atoms with Gasteiger partial charge in [0.15, 0.2) is 0 Å². The summed E-state index contributed by atoms with van der Waals surface area (Å²) in [6, 6.07) is 4.75. The maximum absolute atomic E-state index is 12.7. The van der Waals surface area contributed by atoms with E-state index < -0.39 is 0 Å². The summed E-state index contributed by atoms with van der Waals surface area (Å²) in [5.41, 5.74) is 3.57. The largest absolute Gasteiger partial charge is 0.324 e. The van der Waals surface area contributed by atoms with Gasteiger partial charge in [0.1, 0.15) is 5.82 Å². The van der Waals surface area contributed by atoms with Gasteiger partial charge in [0, 0.05) is 0 Å². The Bertz CT molecular complexity index is 235. The second kappa shape index (κ2) is 2.66. The number of halogens is 1. The number of nitrogens with one attached hydrogen (secondary N) is 1. The SMILES string of the molecule is Cc1ccc(NN)cc1F. The Morgan fingerprint density at radius 2 is 2.20 bits per heavy atom. The highest BCUT2D eigenvalue weighted by Gasteiger charge is 1.95. The van der Waals surface area contributed by atoms with Crippen molar-refractivity contribution >= 4 is 5.69 Å². The highest BCUT2D eigenvalue weighted by atomic mass is 19.1. The molecule has 1 rings (SSSR count). The van der Waals surface area contributed by atoms with Crippen LogP contribution in [0.3, 0.4) is 0 Å². The molecule has 1 aromatic rings. The zero-order valence-corrected chi connectivity index (χ0v) is 5.69. The van der Waals surface area contributed by atoms with Gasteiger partial charge in [-0.05, 0) is 24.6 Å². The van der Waals surface area contributed by atoms with Gasteiger partial charge in [0.2, 0.25) is 0 Å². The van der Waals surface area contributed by atoms with Crippen LogP contribution in [0.5, 0.6) is 0 Å². The van der Waals surface area contributed by atoms with E-state index in [0.717, 1.165) is 0 Å². The smallest absolute Gasteiger partial charge is 0.128 e. The number of nitrogen functional groups attached to an aromatic ring is 1. The van der Waals surface area contributed by atoms with Crippen molar-refractivity contribution in [2.75, 3.05) is 5.43 Å². The lowest BCUT2D eigenvalue weighted by Gasteiger charge is -2.00. The lowest BCUT2D eigenvalue weighted by molar-refractivity contribution is 0.619. The minimum atomic E-state index is -0.240. The number of anilines is 1. The maximum Gasteiger partial charge on any atom is 0.128 e. The summed E-state index contributed by atoms with van der Waals surface area (Å²) in [5, 5.41) is 0. The summed E-state index contributed by atoms with van der Waals surface area (Å²) in [5.74, 6) is 4.81. The van der Waals surface area contributed by atoms with Crippen LogP contribution in [-0.4, -0.2) is 0 Å². The Kier molecular flexibility index (Phi) is 1.87. The molecular weight excluding hydrogens is 131 g/mol. The number of rotatable bonds is 1. The molecule has 0 aliphatic rings. The molecule has 0 radical (unpaired) electrons. The molecule has 0 aliphatic carbocycles. The molecule has 0 unspecified atom stereocenters. The van der Waals surface area contributed by atoms with E-state index in [0.29, 0.717) is 11.3 Å². The molecule has 0 bridgehead atoms. The molecule has 0 heterocycles. The van der Waals surface area contributed by atoms with Crippen molar-refractivity contribution in [1.82, 2.24) is 0 Å². The van der Waals surface area contributed by atoms with Gasteiger partial charge in [0.25, 0.3) is 0 Å². The fraction of sp³-hybridized carbons (Fsp3) is 0.143. The third-order valence-electron chi connectivity index (χ3n) is 1.34. The van der Waals surface area contributed by atoms with Crippen LogP contribution in [0.4, 0.5) is 10.1 Å². The van der Waals surface area contributed by atoms with Crippen molar-refractivity contribution in [3.8, 4) is 0 Å². The number of hydrogen-bond donors (Lipinski definition) is 2. The first-order valence-electron chi connectivity index (χ1n) is 2.97. The molecule has 1 aromatic carbocycles. The quantitative estimate of drug-likeness (QED) is 0.457. The van der Waals surface area contributed by atoms with Gasteiger partial charge in [-0.1, -0.05) is 6.07 Å². The summed E-state index contributed by atoms with van der Waals surface area (Å²) < 4.78 is 12.7. The Morgan fingerprint density at radius 1 is 1.50 bits per heavy atom. The second-order valence-corrected chi connectivity index (χ2v) is 2.11. The first-order valence-corrected chi connectivity index (χ1v) is 2.97. The molecule has 0 saturated carbocycles. The maximum atomic E-state index is 12.7. The number of aryl methyl sites for hydroxylation is 1. The van der Waals surface area contributed by atoms with Crippen LogP contribution >= 0.6 is 0 Å². The summed E-state index contributed by atoms with van der Waals surface area (Å²) in [7, 11) is 0. The lowest BCUT2D eigenvalue weighted by atomic mass is 10.2. The molecule has 54 valence electrons. The minimum Gasteiger partial charge on any atom is -0.324 e. The van der Waals surface area contributed by atoms with E-state index in [2.05, 4.69) is 5.43 Å². The first-order chi connectivity index (χ1) is 4.74. The van der Waals surface area contributed by atoms with Crippen LogP contribution in [0.25, 0.3) is 0 Å². The van der Waals surface area contributed by atoms with Gasteiger partial charge in [-0.15, -0.1) is 0 Å². The van der Waals surface area contributed by atoms with Crippen LogP contribution in [-0.2, 0) is 0 Å². The molecule has 2 nitrogen and oxygen atoms in total. The molecule has 0 aromatic heterocycles. The summed E-state index contributed by atoms with van der Waals surface area (Å²) in [4.78, 5) is 0. The molecular formula is C7H9FN2. The number of benzene rings is 1. The molecule has 0 atom stereocenters. The predicted octanol–water partition coefficient (Wildman–Crippen LogP) is 1.42. The van der Waals surface area contributed by atoms with Gasteiger partial charge in [0.05, 0.1) is 5.69 Å². The average molecular weight is 140 g/mol. The van der Waals surface area contributed by atoms with E-state index in [1.807, 2.05) is 0 Å². The van der Waals surface area contributed by atoms with E-state index >= 15 is 0 Å². The normalized spacial score (nSPS) is 9.50. The topological polar surface area (TPSA) is 38.0 Å². The average Bonchev–Trinajstić information content (AvgIpc) is 1.95. The van der Waals surface area contributed by atoms with Crippen molar-refractivity contribution in [2.24, 2.45) is 5.84 Å². The van der Waals surface area contributed by atoms with Crippen molar-refractivity contribution in [2.45, 2.75) is 6.92 Å². The Morgan fingerprint density at radius 3 is 2.70 bits per heavy atom. The monoisotopic (exact) mass is 140 g/mol. The molecule has 3 N–H and O–H groups in total. The van der Waals surface area contributed by atoms with Crippen molar-refractivity contribution in [1.29, 1.82) is 0 Å². The zero-order valence-electron chi connectivity index (χ0n) is 5.69. The minimum absolute atomic E-state index is 0.240. The fourth-order valence-electron chi connectivity index (χ4n) is 0.683. The lowest BCUT2D eigenvalue weighted by Crippen LogP contribution is -2.06. The van der Waals surface area contributed by atoms with Crippen LogP contribution in [0.1, 0.15) is 5.56 Å². The van der Waals surface area contributed by atoms with Gasteiger partial charge >= 0.3 is 0 Å². The van der Waals surface area contributed by atoms with Crippen LogP contribution < -0.4 is 11.3 Å². The van der Waals surface area contributed by atoms with E-state index in [4.69, 9.17) is 5.84 Å². The van der Waals surface area contributed by atoms with Crippen LogP contribution in [0.15, 0.2) is 18.2 Å². The van der Waals surface area contributed by atoms with Gasteiger partial charge in [-0.25, -0.2) is 4.39 Å². The summed E-state index contributed by atoms with van der Waals surface area (Å²) >= 11 is 0. The summed E-state index contributed by atoms with van der Waals surface area (Å²) in [6.07, 6.45) is 0. The standard InChI is InChI=1S/C7H9FN2/c1-5-2-3-6(10-9)4-7(5)8/h2-4,10H,9H2,1H3. The Labute approximate surface area is 58.8 Å². The summed E-state index contributed by atoms with van der Waals surface area (Å²) in [6.45, 7) is 1.70. The first kappa shape index (κ1) is 7.02. The Hall–Kier alpha value is -1.09. The highest BCUT2D eigenvalue weighted by Crippen LogP contribution is 2.11. The van der Waals surface area contributed by atoms with Crippen LogP contribution in [0.2, 0.25) is 0 Å². The third-order valence-corrected chi connectivity index (χ3v) is 1.34. The predicted molar refractivity (Wildman–Crippen MR) is 38.9 cm³/mol. The van der Waals surface area contributed by atoms with Crippen molar-refractivity contribution < 1.29 is 4.39 Å². The van der Waals surface area contributed by atoms with E-state index in [9.17, 15) is 4.39 Å². The van der Waals surface area contributed by atoms with E-state index in [1.165, 1.54) is 6.07 Å². The third kappa shape index (κ3) is 1.25. The second-order valence-electron chi connectivity index (χ2n) is 2.11. The molecule has 0 aliphatic heterocycles. The van der Waals surface area contributed by atoms with E-state index in [1.54, 1.807) is 19.1 Å². The Balaban J connectivity index is 3.04. The zero-order chi connectivity index (χ0) is 7.56. The molecule has 0 spiro atoms. The molecule has 0 saturated heterocycles. The molecule has 10 heavy (non-hydrogen) atoms. The molecule has 3 heteroatoms. The van der Waals surface area contributed by atoms with Crippen LogP contribution in [0, 0.1) is 12.7 Å². The van der Waals surface area contributed by atoms with Gasteiger partial charge < -0.3 is 5.43 Å². The van der Waals surface area contributed by atoms with E-state index in [-0.39, 0.29) is 5.82 Å². The number of hydrazine groups is 1. The number of hydrogen-bond acceptors (Lipinski definition) is 2. The fourth-order valence-corrected chi connectivity index (χ4v) is 0.683. The number of nitrogens with two attached hydrogens (primary N) is 1. The highest BCUT2D eigenvalue weighted by molar-refractivity contribution is 5.43. The van der Waals surface area contributed by atoms with Gasteiger partial charge in [-0.2, -0.15) is 0 Å². The molecule has 0 fully saturated rings. The van der Waals surface area contributed by atoms with Gasteiger partial charge in [-0.3, -0.25) is 5.84 Å². The van der Waals surface area contributed by atoms with Crippen molar-refractivity contribution in [3.63, 3.8) is 0 Å².